The summed E-state index contributed by atoms with van der Waals surface area (Å²) < 4.78 is 23.2. The highest BCUT2D eigenvalue weighted by atomic mass is 16.7. The first-order valence-electron chi connectivity index (χ1n) is 20.5. The number of ether oxygens (including phenoxy) is 4. The molecule has 1 aromatic rings. The Hall–Kier alpha value is -3.31. The maximum absolute atomic E-state index is 14.8. The molecule has 1 heterocycles. The van der Waals surface area contributed by atoms with Gasteiger partial charge in [-0.25, -0.2) is 0 Å². The van der Waals surface area contributed by atoms with E-state index in [1.807, 2.05) is 13.0 Å². The molecule has 1 aromatic carbocycles. The van der Waals surface area contributed by atoms with Crippen molar-refractivity contribution in [3.05, 3.63) is 52.8 Å². The number of esters is 1. The lowest BCUT2D eigenvalue weighted by atomic mass is 9.33. The van der Waals surface area contributed by atoms with E-state index in [-0.39, 0.29) is 47.1 Å². The minimum absolute atomic E-state index is 0.0102. The van der Waals surface area contributed by atoms with E-state index in [1.165, 1.54) is 7.11 Å². The zero-order chi connectivity index (χ0) is 41.7. The van der Waals surface area contributed by atoms with Crippen LogP contribution in [0.1, 0.15) is 99.0 Å². The van der Waals surface area contributed by atoms with Gasteiger partial charge in [0.2, 0.25) is 6.29 Å². The second-order valence-corrected chi connectivity index (χ2v) is 19.9. The van der Waals surface area contributed by atoms with E-state index in [9.17, 15) is 40.4 Å². The van der Waals surface area contributed by atoms with Crippen LogP contribution in [-0.4, -0.2) is 87.8 Å². The molecule has 7 rings (SSSR count). The largest absolute Gasteiger partial charge is 0.492 e. The van der Waals surface area contributed by atoms with Crippen LogP contribution in [0.3, 0.4) is 0 Å². The standard InChI is InChI=1S/C45H61NO11/c1-40(2)15-17-45(39(53)54-8)18-16-43(6)32(27(45)20-40)28(48)19-31-42(43,5)14-13-30-41(3,4)37(26(21-46)36(52)44(30,31)7)55-23-24-9-11-25(12-10-24)56-38-35(51)34(50)33(49)29(22-47)57-38/h9-12,19,27,29-30,32-36,38,47,49-52H,13-18,20,22-23H2,1-8H3/t27-,29+,30-,32-,33-,34-,35+,36?,38-,42+,43+,44-,45-/m0/s1. The van der Waals surface area contributed by atoms with Crippen LogP contribution in [0.15, 0.2) is 47.2 Å². The third-order valence-corrected chi connectivity index (χ3v) is 16.3. The number of aliphatic hydroxyl groups is 5. The predicted octanol–water partition coefficient (Wildman–Crippen LogP) is 4.89. The summed E-state index contributed by atoms with van der Waals surface area (Å²) in [5, 5.41) is 63.3. The summed E-state index contributed by atoms with van der Waals surface area (Å²) in [5.74, 6) is -0.159. The Kier molecular flexibility index (Phi) is 10.4. The molecule has 12 heteroatoms. The Bertz CT molecular complexity index is 1880. The highest BCUT2D eigenvalue weighted by Gasteiger charge is 2.72. The lowest BCUT2D eigenvalue weighted by Crippen LogP contribution is -2.67. The van der Waals surface area contributed by atoms with E-state index in [0.29, 0.717) is 30.8 Å². The van der Waals surface area contributed by atoms with E-state index in [1.54, 1.807) is 24.3 Å². The van der Waals surface area contributed by atoms with Gasteiger partial charge in [-0.15, -0.1) is 0 Å². The summed E-state index contributed by atoms with van der Waals surface area (Å²) in [4.78, 5) is 28.5. The molecule has 0 amide bonds. The van der Waals surface area contributed by atoms with Gasteiger partial charge in [-0.1, -0.05) is 66.2 Å². The Labute approximate surface area is 335 Å². The van der Waals surface area contributed by atoms with Crippen LogP contribution in [0.2, 0.25) is 0 Å². The predicted molar refractivity (Wildman–Crippen MR) is 206 cm³/mol. The van der Waals surface area contributed by atoms with Crippen molar-refractivity contribution in [3.63, 3.8) is 0 Å². The number of ketones is 1. The van der Waals surface area contributed by atoms with Gasteiger partial charge in [0, 0.05) is 16.7 Å². The fourth-order valence-electron chi connectivity index (χ4n) is 12.8. The van der Waals surface area contributed by atoms with Gasteiger partial charge in [-0.05, 0) is 96.8 Å². The number of rotatable bonds is 7. The molecular weight excluding hydrogens is 730 g/mol. The number of hydrogen-bond donors (Lipinski definition) is 5. The second kappa shape index (κ2) is 14.2. The van der Waals surface area contributed by atoms with Crippen LogP contribution in [0.4, 0.5) is 0 Å². The lowest BCUT2D eigenvalue weighted by Gasteiger charge is -2.69. The average Bonchev–Trinajstić information content (AvgIpc) is 3.16. The molecule has 1 aliphatic heterocycles. The number of hydrogen-bond acceptors (Lipinski definition) is 12. The van der Waals surface area contributed by atoms with E-state index in [4.69, 9.17) is 18.9 Å². The number of carbonyl (C=O) groups is 2. The quantitative estimate of drug-likeness (QED) is 0.235. The van der Waals surface area contributed by atoms with E-state index in [2.05, 4.69) is 47.6 Å². The van der Waals surface area contributed by atoms with Crippen molar-refractivity contribution in [2.75, 3.05) is 13.7 Å². The molecule has 6 aliphatic rings. The molecule has 5 aliphatic carbocycles. The number of allylic oxidation sites excluding steroid dienone is 2. The van der Waals surface area contributed by atoms with Gasteiger partial charge in [0.1, 0.15) is 54.7 Å². The van der Waals surface area contributed by atoms with E-state index in [0.717, 1.165) is 36.8 Å². The zero-order valence-corrected chi connectivity index (χ0v) is 34.6. The molecule has 312 valence electrons. The maximum Gasteiger partial charge on any atom is 0.312 e. The van der Waals surface area contributed by atoms with Gasteiger partial charge in [-0.3, -0.25) is 9.59 Å². The fraction of sp³-hybridized carbons (Fsp3) is 0.711. The van der Waals surface area contributed by atoms with Gasteiger partial charge >= 0.3 is 5.97 Å². The normalized spacial score (nSPS) is 43.3. The van der Waals surface area contributed by atoms with Crippen LogP contribution in [-0.2, 0) is 30.4 Å². The van der Waals surface area contributed by atoms with Crippen molar-refractivity contribution in [2.24, 2.45) is 50.2 Å². The topological polar surface area (TPSA) is 196 Å². The molecule has 0 spiro atoms. The third-order valence-electron chi connectivity index (χ3n) is 16.3. The number of methoxy groups -OCH3 is 1. The SMILES string of the molecule is COC(=O)[C@]12CCC(C)(C)C[C@H]1[C@H]1C(=O)C=C3[C@@]4(C)C(O)C(C#N)=C(OCc5ccc(O[C@H]6O[C@H](CO)[C@H](O)[C@H](O)[C@H]6O)cc5)C(C)(C)[C@@H]4CC[C@@]3(C)[C@]1(C)CC2. The summed E-state index contributed by atoms with van der Waals surface area (Å²) >= 11 is 0. The first kappa shape index (κ1) is 41.8. The molecule has 1 saturated heterocycles. The zero-order valence-electron chi connectivity index (χ0n) is 34.6. The highest BCUT2D eigenvalue weighted by molar-refractivity contribution is 5.96. The molecule has 0 bridgehead atoms. The van der Waals surface area contributed by atoms with Crippen LogP contribution < -0.4 is 4.74 Å². The van der Waals surface area contributed by atoms with Crippen molar-refractivity contribution in [2.45, 2.75) is 137 Å². The molecule has 1 unspecified atom stereocenters. The maximum atomic E-state index is 14.8. The average molecular weight is 792 g/mol. The second-order valence-electron chi connectivity index (χ2n) is 19.9. The summed E-state index contributed by atoms with van der Waals surface area (Å²) in [7, 11) is 1.46. The van der Waals surface area contributed by atoms with Crippen molar-refractivity contribution in [1.82, 2.24) is 0 Å². The van der Waals surface area contributed by atoms with Gasteiger partial charge in [0.25, 0.3) is 0 Å². The van der Waals surface area contributed by atoms with Crippen molar-refractivity contribution in [3.8, 4) is 11.8 Å². The number of benzene rings is 1. The molecule has 5 N–H and O–H groups in total. The van der Waals surface area contributed by atoms with Crippen molar-refractivity contribution >= 4 is 11.8 Å². The number of nitriles is 1. The summed E-state index contributed by atoms with van der Waals surface area (Å²) in [6, 6.07) is 9.07. The molecule has 13 atom stereocenters. The van der Waals surface area contributed by atoms with Crippen molar-refractivity contribution in [1.29, 1.82) is 5.26 Å². The van der Waals surface area contributed by atoms with Crippen LogP contribution in [0.25, 0.3) is 0 Å². The smallest absolute Gasteiger partial charge is 0.312 e. The van der Waals surface area contributed by atoms with Gasteiger partial charge in [0.15, 0.2) is 5.78 Å². The van der Waals surface area contributed by atoms with Crippen LogP contribution in [0.5, 0.6) is 5.75 Å². The molecule has 57 heavy (non-hydrogen) atoms. The number of nitrogens with zero attached hydrogens (tertiary/aromatic N) is 1. The Morgan fingerprint density at radius 3 is 2.23 bits per heavy atom. The Morgan fingerprint density at radius 1 is 0.930 bits per heavy atom. The fourth-order valence-corrected chi connectivity index (χ4v) is 12.8. The number of carbonyl (C=O) groups excluding carboxylic acids is 2. The number of fused-ring (bicyclic) bond motifs is 7. The van der Waals surface area contributed by atoms with Crippen LogP contribution in [0, 0.1) is 61.6 Å². The van der Waals surface area contributed by atoms with E-state index < -0.39 is 70.5 Å². The lowest BCUT2D eigenvalue weighted by molar-refractivity contribution is -0.277. The summed E-state index contributed by atoms with van der Waals surface area (Å²) in [6.45, 7) is 14.6. The molecule has 0 radical (unpaired) electrons. The van der Waals surface area contributed by atoms with Crippen molar-refractivity contribution < 1.29 is 54.1 Å². The third kappa shape index (κ3) is 6.04. The first-order chi connectivity index (χ1) is 26.7. The first-order valence-corrected chi connectivity index (χ1v) is 20.5. The number of aliphatic hydroxyl groups excluding tert-OH is 5. The highest BCUT2D eigenvalue weighted by Crippen LogP contribution is 2.75. The minimum Gasteiger partial charge on any atom is -0.492 e. The van der Waals surface area contributed by atoms with E-state index >= 15 is 0 Å². The van der Waals surface area contributed by atoms with Gasteiger partial charge in [-0.2, -0.15) is 5.26 Å². The van der Waals surface area contributed by atoms with Gasteiger partial charge < -0.3 is 44.5 Å². The Morgan fingerprint density at radius 2 is 1.60 bits per heavy atom. The monoisotopic (exact) mass is 791 g/mol. The molecule has 4 fully saturated rings. The molecule has 0 aromatic heterocycles. The minimum atomic E-state index is -1.56. The molecule has 3 saturated carbocycles. The van der Waals surface area contributed by atoms with Gasteiger partial charge in [0.05, 0.1) is 24.7 Å². The summed E-state index contributed by atoms with van der Waals surface area (Å²) in [6.07, 6.45) is -1.23. The molecule has 12 nitrogen and oxygen atoms in total. The van der Waals surface area contributed by atoms with Crippen LogP contribution >= 0.6 is 0 Å². The Balaban J connectivity index is 1.17. The summed E-state index contributed by atoms with van der Waals surface area (Å²) in [5.41, 5.74) is -1.53. The molecular formula is C45H61NO11.